The molecule has 0 saturated heterocycles. The van der Waals surface area contributed by atoms with Gasteiger partial charge in [-0.15, -0.1) is 0 Å². The van der Waals surface area contributed by atoms with Crippen LogP contribution in [0.25, 0.3) is 0 Å². The number of hydrogen-bond donors (Lipinski definition) is 0. The molecule has 0 atom stereocenters. The molecule has 3 rings (SSSR count). The fourth-order valence-corrected chi connectivity index (χ4v) is 2.65. The summed E-state index contributed by atoms with van der Waals surface area (Å²) in [5.74, 6) is 1.92. The van der Waals surface area contributed by atoms with E-state index in [9.17, 15) is 0 Å². The van der Waals surface area contributed by atoms with Gasteiger partial charge in [0.1, 0.15) is 23.1 Å². The Morgan fingerprint density at radius 2 is 2.25 bits per heavy atom. The van der Waals surface area contributed by atoms with Crippen molar-refractivity contribution in [1.29, 1.82) is 0 Å². The Labute approximate surface area is 123 Å². The second-order valence-electron chi connectivity index (χ2n) is 5.16. The number of nitrogens with zero attached hydrogens (tertiary/aromatic N) is 3. The molecular formula is C15H18ClN3O. The lowest BCUT2D eigenvalue weighted by Crippen LogP contribution is -2.27. The molecule has 0 unspecified atom stereocenters. The molecule has 0 spiro atoms. The number of rotatable bonds is 6. The largest absolute Gasteiger partial charge is 0.467 e. The van der Waals surface area contributed by atoms with E-state index in [1.54, 1.807) is 12.6 Å². The molecule has 1 saturated carbocycles. The zero-order valence-corrected chi connectivity index (χ0v) is 12.3. The second kappa shape index (κ2) is 5.83. The van der Waals surface area contributed by atoms with Crippen molar-refractivity contribution in [3.8, 4) is 0 Å². The second-order valence-corrected chi connectivity index (χ2v) is 5.51. The molecule has 5 heteroatoms. The van der Waals surface area contributed by atoms with E-state index in [0.29, 0.717) is 11.2 Å². The summed E-state index contributed by atoms with van der Waals surface area (Å²) in [5.41, 5.74) is 1.05. The Balaban J connectivity index is 1.93. The van der Waals surface area contributed by atoms with Gasteiger partial charge in [-0.25, -0.2) is 9.97 Å². The minimum Gasteiger partial charge on any atom is -0.467 e. The minimum absolute atomic E-state index is 0.543. The molecule has 0 aromatic carbocycles. The van der Waals surface area contributed by atoms with Crippen LogP contribution in [-0.2, 0) is 13.0 Å². The standard InChI is InChI=1S/C15H18ClN3O/c1-2-4-13-14(16)17-10-18-15(13)19(11-6-7-11)9-12-5-3-8-20-12/h3,5,8,10-11H,2,4,6-7,9H2,1H3. The Morgan fingerprint density at radius 3 is 2.90 bits per heavy atom. The Bertz CT molecular complexity index is 567. The van der Waals surface area contributed by atoms with Gasteiger partial charge in [0.2, 0.25) is 0 Å². The lowest BCUT2D eigenvalue weighted by atomic mass is 10.1. The van der Waals surface area contributed by atoms with Crippen molar-refractivity contribution in [3.63, 3.8) is 0 Å². The predicted molar refractivity (Wildman–Crippen MR) is 79.0 cm³/mol. The molecule has 0 radical (unpaired) electrons. The molecule has 0 N–H and O–H groups in total. The third-order valence-electron chi connectivity index (χ3n) is 3.54. The molecule has 2 aromatic rings. The lowest BCUT2D eigenvalue weighted by molar-refractivity contribution is 0.499. The van der Waals surface area contributed by atoms with Gasteiger partial charge in [0, 0.05) is 11.6 Å². The Kier molecular flexibility index (Phi) is 3.92. The van der Waals surface area contributed by atoms with Gasteiger partial charge in [-0.1, -0.05) is 24.9 Å². The molecule has 1 aliphatic rings. The number of halogens is 1. The molecule has 1 fully saturated rings. The molecule has 2 heterocycles. The van der Waals surface area contributed by atoms with Crippen molar-refractivity contribution in [2.24, 2.45) is 0 Å². The molecule has 0 amide bonds. The summed E-state index contributed by atoms with van der Waals surface area (Å²) in [5, 5.41) is 0.571. The first-order valence-electron chi connectivity index (χ1n) is 7.08. The summed E-state index contributed by atoms with van der Waals surface area (Å²) in [7, 11) is 0. The van der Waals surface area contributed by atoms with Crippen LogP contribution < -0.4 is 4.90 Å². The van der Waals surface area contributed by atoms with Crippen LogP contribution in [0.1, 0.15) is 37.5 Å². The summed E-state index contributed by atoms with van der Waals surface area (Å²) >= 11 is 6.26. The summed E-state index contributed by atoms with van der Waals surface area (Å²) in [4.78, 5) is 10.9. The summed E-state index contributed by atoms with van der Waals surface area (Å²) in [6.45, 7) is 2.88. The first-order valence-corrected chi connectivity index (χ1v) is 7.45. The highest BCUT2D eigenvalue weighted by molar-refractivity contribution is 6.30. The van der Waals surface area contributed by atoms with Gasteiger partial charge in [-0.3, -0.25) is 0 Å². The number of hydrogen-bond acceptors (Lipinski definition) is 4. The minimum atomic E-state index is 0.543. The van der Waals surface area contributed by atoms with E-state index in [0.717, 1.165) is 36.5 Å². The quantitative estimate of drug-likeness (QED) is 0.758. The van der Waals surface area contributed by atoms with Crippen LogP contribution in [0.4, 0.5) is 5.82 Å². The van der Waals surface area contributed by atoms with Crippen molar-refractivity contribution in [3.05, 3.63) is 41.2 Å². The van der Waals surface area contributed by atoms with Gasteiger partial charge in [0.15, 0.2) is 0 Å². The third kappa shape index (κ3) is 2.80. The molecule has 0 aliphatic heterocycles. The maximum atomic E-state index is 6.26. The average molecular weight is 292 g/mol. The zero-order valence-electron chi connectivity index (χ0n) is 11.6. The van der Waals surface area contributed by atoms with Gasteiger partial charge in [0.05, 0.1) is 12.8 Å². The maximum absolute atomic E-state index is 6.26. The molecule has 106 valence electrons. The van der Waals surface area contributed by atoms with E-state index in [1.807, 2.05) is 12.1 Å². The van der Waals surface area contributed by atoms with Crippen LogP contribution in [-0.4, -0.2) is 16.0 Å². The van der Waals surface area contributed by atoms with E-state index in [1.165, 1.54) is 12.8 Å². The molecule has 0 bridgehead atoms. The van der Waals surface area contributed by atoms with Crippen molar-refractivity contribution >= 4 is 17.4 Å². The molecule has 4 nitrogen and oxygen atoms in total. The lowest BCUT2D eigenvalue weighted by Gasteiger charge is -2.25. The molecule has 2 aromatic heterocycles. The van der Waals surface area contributed by atoms with Crippen LogP contribution in [0, 0.1) is 0 Å². The van der Waals surface area contributed by atoms with E-state index in [-0.39, 0.29) is 0 Å². The predicted octanol–water partition coefficient (Wildman–Crippen LogP) is 3.84. The highest BCUT2D eigenvalue weighted by Crippen LogP contribution is 2.35. The molecule has 1 aliphatic carbocycles. The summed E-state index contributed by atoms with van der Waals surface area (Å²) < 4.78 is 5.48. The van der Waals surface area contributed by atoms with E-state index in [2.05, 4.69) is 21.8 Å². The topological polar surface area (TPSA) is 42.2 Å². The van der Waals surface area contributed by atoms with E-state index < -0.39 is 0 Å². The highest BCUT2D eigenvalue weighted by Gasteiger charge is 2.32. The van der Waals surface area contributed by atoms with Gasteiger partial charge in [-0.2, -0.15) is 0 Å². The normalized spacial score (nSPS) is 14.5. The van der Waals surface area contributed by atoms with Crippen LogP contribution >= 0.6 is 11.6 Å². The van der Waals surface area contributed by atoms with E-state index >= 15 is 0 Å². The fourth-order valence-electron chi connectivity index (χ4n) is 2.43. The maximum Gasteiger partial charge on any atom is 0.137 e. The van der Waals surface area contributed by atoms with Crippen molar-refractivity contribution < 1.29 is 4.42 Å². The van der Waals surface area contributed by atoms with Gasteiger partial charge >= 0.3 is 0 Å². The van der Waals surface area contributed by atoms with Crippen LogP contribution in [0.5, 0.6) is 0 Å². The monoisotopic (exact) mass is 291 g/mol. The van der Waals surface area contributed by atoms with Gasteiger partial charge < -0.3 is 9.32 Å². The third-order valence-corrected chi connectivity index (χ3v) is 3.86. The van der Waals surface area contributed by atoms with Crippen molar-refractivity contribution in [2.45, 2.75) is 45.2 Å². The smallest absolute Gasteiger partial charge is 0.137 e. The number of aromatic nitrogens is 2. The van der Waals surface area contributed by atoms with Gasteiger partial charge in [-0.05, 0) is 31.4 Å². The van der Waals surface area contributed by atoms with Crippen LogP contribution in [0.15, 0.2) is 29.1 Å². The number of anilines is 1. The summed E-state index contributed by atoms with van der Waals surface area (Å²) in [6, 6.07) is 4.46. The van der Waals surface area contributed by atoms with Gasteiger partial charge in [0.25, 0.3) is 0 Å². The van der Waals surface area contributed by atoms with Crippen LogP contribution in [0.2, 0.25) is 5.15 Å². The van der Waals surface area contributed by atoms with Crippen molar-refractivity contribution in [1.82, 2.24) is 9.97 Å². The highest BCUT2D eigenvalue weighted by atomic mass is 35.5. The molecular weight excluding hydrogens is 274 g/mol. The summed E-state index contributed by atoms with van der Waals surface area (Å²) in [6.07, 6.45) is 7.59. The zero-order chi connectivity index (χ0) is 13.9. The van der Waals surface area contributed by atoms with Crippen LogP contribution in [0.3, 0.4) is 0 Å². The first kappa shape index (κ1) is 13.4. The Morgan fingerprint density at radius 1 is 1.40 bits per heavy atom. The first-order chi connectivity index (χ1) is 9.79. The number of furan rings is 1. The average Bonchev–Trinajstić information content (AvgIpc) is 3.16. The van der Waals surface area contributed by atoms with E-state index in [4.69, 9.17) is 16.0 Å². The SMILES string of the molecule is CCCc1c(Cl)ncnc1N(Cc1ccco1)C1CC1. The molecule has 20 heavy (non-hydrogen) atoms. The van der Waals surface area contributed by atoms with Crippen molar-refractivity contribution in [2.75, 3.05) is 4.90 Å². The Hall–Kier alpha value is -1.55. The fraction of sp³-hybridized carbons (Fsp3) is 0.467.